The van der Waals surface area contributed by atoms with Crippen molar-refractivity contribution < 1.29 is 99.9 Å². The smallest absolute Gasteiger partial charge is 0.187 e. The summed E-state index contributed by atoms with van der Waals surface area (Å²) in [5.74, 6) is 0. The van der Waals surface area contributed by atoms with Crippen LogP contribution in [0, 0.1) is 5.41 Å². The zero-order valence-electron chi connectivity index (χ0n) is 28.7. The standard InChI is InChI=1S/C28H52O20.C2H6/c1-28(2,3)4-9(33)14(35)22(10(34)5-29)46-26-20(41)17(38)24(12(7-31)44-26)48-27-21(42)18(39)23(13(8-32)45-27)47-25-19(40)16(37)15(36)11(6-30)43-25;1-2/h9-27,29-42H,4-8H2,1-3H3;1-2H3/t9-,10+,11+,12+,13+,14+,15+,16-,17+,18+,19+,20+,21+,22+,23+,24+,25+,26+,27+;/m0./s1. The lowest BCUT2D eigenvalue weighted by Crippen LogP contribution is -2.67. The summed E-state index contributed by atoms with van der Waals surface area (Å²) in [4.78, 5) is 0. The Hall–Kier alpha value is -0.800. The van der Waals surface area contributed by atoms with E-state index in [0.717, 1.165) is 0 Å². The van der Waals surface area contributed by atoms with Gasteiger partial charge in [0.1, 0.15) is 91.6 Å². The van der Waals surface area contributed by atoms with E-state index in [1.54, 1.807) is 20.8 Å². The normalized spacial score (nSPS) is 42.2. The second-order valence-corrected chi connectivity index (χ2v) is 13.5. The van der Waals surface area contributed by atoms with Crippen LogP contribution in [0.4, 0.5) is 0 Å². The average molecular weight is 739 g/mol. The molecule has 20 heteroatoms. The van der Waals surface area contributed by atoms with E-state index in [1.165, 1.54) is 0 Å². The fourth-order valence-electron chi connectivity index (χ4n) is 5.78. The molecule has 0 aromatic heterocycles. The van der Waals surface area contributed by atoms with E-state index in [-0.39, 0.29) is 6.42 Å². The van der Waals surface area contributed by atoms with Crippen LogP contribution in [0.1, 0.15) is 41.0 Å². The Balaban J connectivity index is 0.00000425. The number of hydrogen-bond acceptors (Lipinski definition) is 20. The van der Waals surface area contributed by atoms with Gasteiger partial charge in [0, 0.05) is 0 Å². The molecule has 0 aromatic carbocycles. The van der Waals surface area contributed by atoms with Crippen LogP contribution in [-0.4, -0.2) is 214 Å². The number of aliphatic hydroxyl groups is 14. The molecule has 19 atom stereocenters. The SMILES string of the molecule is CC.CC(C)(C)C[C@H](O)[C@@H](O)[C@H](O[C@H]1O[C@H](CO)[C@@H](O[C@H]2O[C@H](CO)[C@@H](O[C@H]3O[C@H](CO)[C@@H](O)[C@H](O)[C@H]3O)[C@H](O)[C@H]2O)[C@H](O)[C@H]1O)[C@H](O)CO. The summed E-state index contributed by atoms with van der Waals surface area (Å²) >= 11 is 0. The summed E-state index contributed by atoms with van der Waals surface area (Å²) < 4.78 is 32.9. The number of rotatable bonds is 14. The van der Waals surface area contributed by atoms with E-state index in [1.807, 2.05) is 13.8 Å². The van der Waals surface area contributed by atoms with Crippen LogP contribution in [0.25, 0.3) is 0 Å². The van der Waals surface area contributed by atoms with Crippen molar-refractivity contribution in [1.29, 1.82) is 0 Å². The van der Waals surface area contributed by atoms with E-state index < -0.39 is 148 Å². The molecule has 14 N–H and O–H groups in total. The van der Waals surface area contributed by atoms with Gasteiger partial charge in [-0.05, 0) is 11.8 Å². The molecule has 3 aliphatic heterocycles. The van der Waals surface area contributed by atoms with Crippen molar-refractivity contribution in [3.8, 4) is 0 Å². The van der Waals surface area contributed by atoms with Gasteiger partial charge >= 0.3 is 0 Å². The minimum absolute atomic E-state index is 0.0386. The molecule has 0 radical (unpaired) electrons. The van der Waals surface area contributed by atoms with Crippen molar-refractivity contribution in [2.45, 2.75) is 158 Å². The van der Waals surface area contributed by atoms with Gasteiger partial charge in [-0.1, -0.05) is 34.6 Å². The van der Waals surface area contributed by atoms with Gasteiger partial charge in [-0.2, -0.15) is 0 Å². The molecule has 0 amide bonds. The van der Waals surface area contributed by atoms with E-state index in [9.17, 15) is 71.5 Å². The quantitative estimate of drug-likeness (QED) is 0.0787. The van der Waals surface area contributed by atoms with Crippen LogP contribution in [0.2, 0.25) is 0 Å². The van der Waals surface area contributed by atoms with Crippen molar-refractivity contribution in [2.75, 3.05) is 26.4 Å². The van der Waals surface area contributed by atoms with Gasteiger partial charge in [-0.15, -0.1) is 0 Å². The summed E-state index contributed by atoms with van der Waals surface area (Å²) in [6, 6.07) is 0. The van der Waals surface area contributed by atoms with Gasteiger partial charge in [-0.3, -0.25) is 0 Å². The summed E-state index contributed by atoms with van der Waals surface area (Å²) in [5.41, 5.74) is -0.473. The van der Waals surface area contributed by atoms with E-state index >= 15 is 0 Å². The van der Waals surface area contributed by atoms with Crippen LogP contribution in [0.3, 0.4) is 0 Å². The van der Waals surface area contributed by atoms with E-state index in [0.29, 0.717) is 0 Å². The highest BCUT2D eigenvalue weighted by molar-refractivity contribution is 4.97. The van der Waals surface area contributed by atoms with Crippen molar-refractivity contribution in [2.24, 2.45) is 5.41 Å². The number of ether oxygens (including phenoxy) is 6. The second-order valence-electron chi connectivity index (χ2n) is 13.5. The van der Waals surface area contributed by atoms with Crippen molar-refractivity contribution in [3.63, 3.8) is 0 Å². The molecule has 298 valence electrons. The third kappa shape index (κ3) is 10.9. The second kappa shape index (κ2) is 20.0. The maximum absolute atomic E-state index is 11.0. The highest BCUT2D eigenvalue weighted by Gasteiger charge is 2.54. The van der Waals surface area contributed by atoms with Crippen molar-refractivity contribution in [1.82, 2.24) is 0 Å². The van der Waals surface area contributed by atoms with Crippen LogP contribution >= 0.6 is 0 Å². The van der Waals surface area contributed by atoms with Crippen LogP contribution in [-0.2, 0) is 28.4 Å². The molecule has 3 rings (SSSR count). The molecule has 3 heterocycles. The molecule has 50 heavy (non-hydrogen) atoms. The van der Waals surface area contributed by atoms with Crippen LogP contribution in [0.15, 0.2) is 0 Å². The minimum Gasteiger partial charge on any atom is -0.394 e. The van der Waals surface area contributed by atoms with E-state index in [4.69, 9.17) is 28.4 Å². The van der Waals surface area contributed by atoms with Gasteiger partial charge in [0.15, 0.2) is 18.9 Å². The molecule has 0 saturated carbocycles. The summed E-state index contributed by atoms with van der Waals surface area (Å²) in [6.07, 6.45) is -33.6. The molecule has 3 saturated heterocycles. The van der Waals surface area contributed by atoms with Gasteiger partial charge in [-0.25, -0.2) is 0 Å². The predicted octanol–water partition coefficient (Wildman–Crippen LogP) is -6.64. The fourth-order valence-corrected chi connectivity index (χ4v) is 5.78. The first kappa shape index (κ1) is 45.4. The third-order valence-corrected chi connectivity index (χ3v) is 8.48. The van der Waals surface area contributed by atoms with Crippen LogP contribution < -0.4 is 0 Å². The molecule has 0 bridgehead atoms. The first-order valence-electron chi connectivity index (χ1n) is 16.6. The predicted molar refractivity (Wildman–Crippen MR) is 164 cm³/mol. The first-order valence-corrected chi connectivity index (χ1v) is 16.6. The Morgan fingerprint density at radius 1 is 0.540 bits per heavy atom. The lowest BCUT2D eigenvalue weighted by atomic mass is 9.86. The molecule has 0 aliphatic carbocycles. The Morgan fingerprint density at radius 2 is 0.940 bits per heavy atom. The third-order valence-electron chi connectivity index (χ3n) is 8.48. The Morgan fingerprint density at radius 3 is 1.36 bits per heavy atom. The molecule has 0 spiro atoms. The summed E-state index contributed by atoms with van der Waals surface area (Å²) in [5, 5.41) is 144. The molecule has 0 aromatic rings. The maximum Gasteiger partial charge on any atom is 0.187 e. The number of aliphatic hydroxyl groups excluding tert-OH is 14. The van der Waals surface area contributed by atoms with Gasteiger partial charge in [0.05, 0.1) is 32.5 Å². The van der Waals surface area contributed by atoms with Gasteiger partial charge in [0.25, 0.3) is 0 Å². The first-order chi connectivity index (χ1) is 23.4. The molecule has 3 aliphatic rings. The largest absolute Gasteiger partial charge is 0.394 e. The Bertz CT molecular complexity index is 952. The topological polar surface area (TPSA) is 339 Å². The lowest BCUT2D eigenvalue weighted by molar-refractivity contribution is -0.383. The fraction of sp³-hybridized carbons (Fsp3) is 1.00. The van der Waals surface area contributed by atoms with Crippen LogP contribution in [0.5, 0.6) is 0 Å². The highest BCUT2D eigenvalue weighted by Crippen LogP contribution is 2.33. The molecular weight excluding hydrogens is 680 g/mol. The summed E-state index contributed by atoms with van der Waals surface area (Å²) in [7, 11) is 0. The minimum atomic E-state index is -2.03. The zero-order chi connectivity index (χ0) is 38.2. The Kier molecular flexibility index (Phi) is 18.2. The van der Waals surface area contributed by atoms with Gasteiger partial charge < -0.3 is 99.9 Å². The summed E-state index contributed by atoms with van der Waals surface area (Å²) in [6.45, 7) is 5.81. The maximum atomic E-state index is 11.0. The van der Waals surface area contributed by atoms with E-state index in [2.05, 4.69) is 0 Å². The molecule has 3 fully saturated rings. The lowest BCUT2D eigenvalue weighted by Gasteiger charge is -2.48. The average Bonchev–Trinajstić information content (AvgIpc) is 3.08. The molecule has 20 nitrogen and oxygen atoms in total. The molecular formula is C30H58O20. The highest BCUT2D eigenvalue weighted by atomic mass is 16.8. The monoisotopic (exact) mass is 738 g/mol. The molecule has 0 unspecified atom stereocenters. The van der Waals surface area contributed by atoms with Gasteiger partial charge in [0.2, 0.25) is 0 Å². The Labute approximate surface area is 289 Å². The number of hydrogen-bond donors (Lipinski definition) is 14. The van der Waals surface area contributed by atoms with Crippen molar-refractivity contribution >= 4 is 0 Å². The zero-order valence-corrected chi connectivity index (χ0v) is 28.7. The van der Waals surface area contributed by atoms with Crippen molar-refractivity contribution in [3.05, 3.63) is 0 Å².